The zero-order chi connectivity index (χ0) is 39.3. The van der Waals surface area contributed by atoms with Gasteiger partial charge in [-0.15, -0.1) is 11.3 Å². The summed E-state index contributed by atoms with van der Waals surface area (Å²) >= 11 is 9.20. The molecule has 0 N–H and O–H groups in total. The number of hydrogen-bond acceptors (Lipinski definition) is 18. The van der Waals surface area contributed by atoms with Crippen LogP contribution in [0.1, 0.15) is 0 Å². The van der Waals surface area contributed by atoms with E-state index in [0.717, 1.165) is 125 Å². The fourth-order valence-electron chi connectivity index (χ4n) is 7.30. The van der Waals surface area contributed by atoms with Gasteiger partial charge in [0.25, 0.3) is 0 Å². The van der Waals surface area contributed by atoms with E-state index in [1.54, 1.807) is 48.5 Å². The summed E-state index contributed by atoms with van der Waals surface area (Å²) < 4.78 is 0.944. The lowest BCUT2D eigenvalue weighted by Crippen LogP contribution is -2.01. The van der Waals surface area contributed by atoms with Crippen molar-refractivity contribution in [3.05, 3.63) is 110 Å². The maximum Gasteiger partial charge on any atom is 0.143 e. The summed E-state index contributed by atoms with van der Waals surface area (Å²) in [4.78, 5) is 64.5. The van der Waals surface area contributed by atoms with E-state index in [-0.39, 0.29) is 0 Å². The smallest absolute Gasteiger partial charge is 0.143 e. The van der Waals surface area contributed by atoms with Gasteiger partial charge < -0.3 is 0 Å². The van der Waals surface area contributed by atoms with Crippen molar-refractivity contribution in [2.24, 2.45) is 0 Å². The molecule has 0 aliphatic carbocycles. The van der Waals surface area contributed by atoms with Crippen molar-refractivity contribution in [2.45, 2.75) is 0 Å². The van der Waals surface area contributed by atoms with Gasteiger partial charge in [-0.2, -0.15) is 0 Å². The quantitative estimate of drug-likeness (QED) is 0.156. The van der Waals surface area contributed by atoms with Crippen molar-refractivity contribution in [1.29, 1.82) is 0 Å². The average molecular weight is 883 g/mol. The van der Waals surface area contributed by atoms with Gasteiger partial charge in [0.05, 0.1) is 10.2 Å². The zero-order valence-electron chi connectivity index (χ0n) is 30.2. The fourth-order valence-corrected chi connectivity index (χ4v) is 13.1. The predicted molar refractivity (Wildman–Crippen MR) is 245 cm³/mol. The number of thiazole rings is 6. The molecule has 13 aromatic rings. The van der Waals surface area contributed by atoms with Crippen LogP contribution in [0, 0.1) is 0 Å². The minimum Gasteiger partial charge on any atom is -0.263 e. The van der Waals surface area contributed by atoms with Crippen LogP contribution in [-0.2, 0) is 0 Å². The first-order valence-corrected chi connectivity index (χ1v) is 23.1. The molecular weight excluding hydrogens is 865 g/mol. The standard InChI is InChI=1S/C42H18N12S6/c1-6-20-32(44-12-1)56-38(50-20)27-26(37-49-19-11-17-43-18-25(19)55-37)28(39-51-21-7-2-13-45-33(21)57-39)30(41-53-23-9-4-15-47-35(23)59-41)31(42-54-24-10-5-16-48-36(24)60-42)29(27)40-52-22-8-3-14-46-34(22)58-40/h1-18H. The lowest BCUT2D eigenvalue weighted by atomic mass is 9.86. The lowest BCUT2D eigenvalue weighted by molar-refractivity contribution is 1.35. The maximum atomic E-state index is 5.37. The van der Waals surface area contributed by atoms with Crippen molar-refractivity contribution in [1.82, 2.24) is 59.8 Å². The Balaban J connectivity index is 1.32. The Morgan fingerprint density at radius 2 is 0.567 bits per heavy atom. The zero-order valence-corrected chi connectivity index (χ0v) is 35.1. The molecule has 13 rings (SSSR count). The largest absolute Gasteiger partial charge is 0.263 e. The topological polar surface area (TPSA) is 155 Å². The number of nitrogens with zero attached hydrogens (tertiary/aromatic N) is 12. The highest BCUT2D eigenvalue weighted by Crippen LogP contribution is 2.59. The van der Waals surface area contributed by atoms with E-state index in [2.05, 4.69) is 4.98 Å². The molecule has 0 bridgehead atoms. The van der Waals surface area contributed by atoms with Gasteiger partial charge in [-0.1, -0.05) is 56.7 Å². The number of pyridine rings is 6. The Bertz CT molecular complexity index is 2980. The normalized spacial score (nSPS) is 12.0. The van der Waals surface area contributed by atoms with Crippen LogP contribution >= 0.6 is 68.0 Å². The van der Waals surface area contributed by atoms with Crippen LogP contribution < -0.4 is 0 Å². The Morgan fingerprint density at radius 1 is 0.283 bits per heavy atom. The Morgan fingerprint density at radius 3 is 0.850 bits per heavy atom. The first-order valence-electron chi connectivity index (χ1n) is 18.2. The van der Waals surface area contributed by atoms with Crippen molar-refractivity contribution in [3.8, 4) is 63.4 Å². The SMILES string of the molecule is c1cnc2sc(-c3c(-c4nc5ccncc5s4)c(-c4nc5cccnc5s4)c(-c4nc5cccnc5s4)c(-c4nc5cccnc5s4)c3-c3nc4cccnc4s3)nc2c1. The van der Waals surface area contributed by atoms with Crippen LogP contribution in [0.5, 0.6) is 0 Å². The lowest BCUT2D eigenvalue weighted by Gasteiger charge is -2.22. The molecule has 0 saturated carbocycles. The molecule has 0 atom stereocenters. The van der Waals surface area contributed by atoms with E-state index in [1.807, 2.05) is 72.9 Å². The van der Waals surface area contributed by atoms with Crippen LogP contribution in [0.2, 0.25) is 0 Å². The highest BCUT2D eigenvalue weighted by molar-refractivity contribution is 7.25. The summed E-state index contributed by atoms with van der Waals surface area (Å²) in [5, 5.41) is 4.49. The molecule has 282 valence electrons. The molecule has 0 unspecified atom stereocenters. The Hall–Kier alpha value is -6.54. The second-order valence-electron chi connectivity index (χ2n) is 13.3. The maximum absolute atomic E-state index is 5.37. The summed E-state index contributed by atoms with van der Waals surface area (Å²) in [6.07, 6.45) is 12.6. The van der Waals surface area contributed by atoms with Gasteiger partial charge in [-0.25, -0.2) is 54.8 Å². The van der Waals surface area contributed by atoms with E-state index in [0.29, 0.717) is 0 Å². The van der Waals surface area contributed by atoms with Crippen molar-refractivity contribution in [3.63, 3.8) is 0 Å². The van der Waals surface area contributed by atoms with E-state index in [1.165, 1.54) is 56.7 Å². The summed E-state index contributed by atoms with van der Waals surface area (Å²) in [7, 11) is 0. The third kappa shape index (κ3) is 5.42. The van der Waals surface area contributed by atoms with Crippen LogP contribution in [0.25, 0.3) is 125 Å². The predicted octanol–water partition coefficient (Wildman–Crippen LogP) is 11.7. The van der Waals surface area contributed by atoms with Crippen LogP contribution in [0.3, 0.4) is 0 Å². The molecule has 0 aliphatic heterocycles. The molecule has 1 aromatic carbocycles. The molecular formula is C42H18N12S6. The highest BCUT2D eigenvalue weighted by Gasteiger charge is 2.36. The first kappa shape index (κ1) is 34.3. The van der Waals surface area contributed by atoms with Crippen molar-refractivity contribution < 1.29 is 0 Å². The van der Waals surface area contributed by atoms with Crippen LogP contribution in [0.15, 0.2) is 110 Å². The molecule has 0 saturated heterocycles. The minimum atomic E-state index is 0.745. The van der Waals surface area contributed by atoms with Crippen molar-refractivity contribution >= 4 is 130 Å². The molecule has 12 aromatic heterocycles. The number of benzene rings is 1. The molecule has 0 amide bonds. The number of hydrogen-bond donors (Lipinski definition) is 0. The monoisotopic (exact) mass is 882 g/mol. The number of fused-ring (bicyclic) bond motifs is 6. The molecule has 60 heavy (non-hydrogen) atoms. The molecule has 0 radical (unpaired) electrons. The third-order valence-corrected chi connectivity index (χ3v) is 15.8. The van der Waals surface area contributed by atoms with Crippen LogP contribution in [-0.4, -0.2) is 59.8 Å². The van der Waals surface area contributed by atoms with Gasteiger partial charge in [0.2, 0.25) is 0 Å². The first-order chi connectivity index (χ1) is 29.7. The molecule has 18 heteroatoms. The minimum absolute atomic E-state index is 0.745. The fraction of sp³-hybridized carbons (Fsp3) is 0. The molecule has 0 fully saturated rings. The summed E-state index contributed by atoms with van der Waals surface area (Å²) in [6.45, 7) is 0. The molecule has 0 aliphatic rings. The molecule has 12 nitrogen and oxygen atoms in total. The van der Waals surface area contributed by atoms with Gasteiger partial charge >= 0.3 is 0 Å². The second kappa shape index (κ2) is 13.5. The second-order valence-corrected chi connectivity index (χ2v) is 19.3. The highest BCUT2D eigenvalue weighted by atomic mass is 32.1. The van der Waals surface area contributed by atoms with E-state index < -0.39 is 0 Å². The van der Waals surface area contributed by atoms with E-state index in [4.69, 9.17) is 54.8 Å². The van der Waals surface area contributed by atoms with Gasteiger partial charge in [-0.05, 0) is 66.7 Å². The number of aromatic nitrogens is 12. The summed E-state index contributed by atoms with van der Waals surface area (Å²) in [6, 6.07) is 21.5. The van der Waals surface area contributed by atoms with Crippen molar-refractivity contribution in [2.75, 3.05) is 0 Å². The number of rotatable bonds is 6. The summed E-state index contributed by atoms with van der Waals surface area (Å²) in [5.41, 5.74) is 9.72. The van der Waals surface area contributed by atoms with Gasteiger partial charge in [0.1, 0.15) is 81.8 Å². The average Bonchev–Trinajstić information content (AvgIpc) is 4.15. The molecule has 0 spiro atoms. The Labute approximate surface area is 360 Å². The Kier molecular flexibility index (Phi) is 7.72. The third-order valence-electron chi connectivity index (χ3n) is 9.81. The molecule has 12 heterocycles. The van der Waals surface area contributed by atoms with Gasteiger partial charge in [-0.3, -0.25) is 4.98 Å². The van der Waals surface area contributed by atoms with Gasteiger partial charge in [0, 0.05) is 76.8 Å². The van der Waals surface area contributed by atoms with Crippen LogP contribution in [0.4, 0.5) is 0 Å². The van der Waals surface area contributed by atoms with E-state index >= 15 is 0 Å². The van der Waals surface area contributed by atoms with Gasteiger partial charge in [0.15, 0.2) is 0 Å². The summed E-state index contributed by atoms with van der Waals surface area (Å²) in [5.74, 6) is 0. The van der Waals surface area contributed by atoms with E-state index in [9.17, 15) is 0 Å².